The normalized spacial score (nSPS) is 19.6. The number of nitrogens with two attached hydrogens (primary N) is 1. The van der Waals surface area contributed by atoms with Gasteiger partial charge >= 0.3 is 0 Å². The molecule has 1 rings (SSSR count). The Bertz CT molecular complexity index is 256. The number of carbonyl (C=O) groups is 1. The van der Waals surface area contributed by atoms with E-state index >= 15 is 0 Å². The Morgan fingerprint density at radius 3 is 2.77 bits per heavy atom. The maximum absolute atomic E-state index is 11.5. The van der Waals surface area contributed by atoms with Crippen molar-refractivity contribution >= 4 is 5.91 Å². The van der Waals surface area contributed by atoms with Crippen LogP contribution in [0.15, 0.2) is 0 Å². The molecule has 1 aliphatic carbocycles. The fourth-order valence-electron chi connectivity index (χ4n) is 1.27. The number of nitrogens with one attached hydrogen (secondary N) is 1. The van der Waals surface area contributed by atoms with E-state index in [1.807, 2.05) is 0 Å². The summed E-state index contributed by atoms with van der Waals surface area (Å²) in [5, 5.41) is 2.71. The van der Waals surface area contributed by atoms with Crippen LogP contribution in [-0.4, -0.2) is 18.0 Å². The van der Waals surface area contributed by atoms with E-state index in [0.29, 0.717) is 12.5 Å². The molecule has 1 fully saturated rings. The molecule has 0 aliphatic heterocycles. The van der Waals surface area contributed by atoms with Crippen molar-refractivity contribution in [3.63, 3.8) is 0 Å². The van der Waals surface area contributed by atoms with Crippen LogP contribution in [0.1, 0.15) is 26.7 Å². The minimum Gasteiger partial charge on any atom is -0.344 e. The van der Waals surface area contributed by atoms with Crippen molar-refractivity contribution in [1.29, 1.82) is 0 Å². The molecule has 0 aromatic carbocycles. The Morgan fingerprint density at radius 1 is 1.69 bits per heavy atom. The molecule has 0 heterocycles. The highest BCUT2D eigenvalue weighted by Gasteiger charge is 2.43. The van der Waals surface area contributed by atoms with Crippen LogP contribution in [-0.2, 0) is 4.79 Å². The van der Waals surface area contributed by atoms with E-state index in [2.05, 4.69) is 17.2 Å². The fraction of sp³-hybridized carbons (Fsp3) is 0.700. The SMILES string of the molecule is CC#CCNC(=O)C(C)(N)C1CC1. The standard InChI is InChI=1S/C10H16N2O/c1-3-4-7-12-9(13)10(2,11)8-5-6-8/h8H,5-7,11H2,1-2H3,(H,12,13). The molecule has 0 radical (unpaired) electrons. The third kappa shape index (κ3) is 2.46. The van der Waals surface area contributed by atoms with Gasteiger partial charge in [0.05, 0.1) is 12.1 Å². The molecule has 13 heavy (non-hydrogen) atoms. The third-order valence-corrected chi connectivity index (χ3v) is 2.43. The first kappa shape index (κ1) is 10.1. The van der Waals surface area contributed by atoms with E-state index in [4.69, 9.17) is 5.73 Å². The summed E-state index contributed by atoms with van der Waals surface area (Å²) >= 11 is 0. The second kappa shape index (κ2) is 3.80. The highest BCUT2D eigenvalue weighted by atomic mass is 16.2. The average molecular weight is 180 g/mol. The lowest BCUT2D eigenvalue weighted by molar-refractivity contribution is -0.126. The van der Waals surface area contributed by atoms with E-state index in [-0.39, 0.29) is 5.91 Å². The van der Waals surface area contributed by atoms with Crippen molar-refractivity contribution in [2.24, 2.45) is 11.7 Å². The summed E-state index contributed by atoms with van der Waals surface area (Å²) in [5.41, 5.74) is 5.19. The predicted octanol–water partition coefficient (Wildman–Crippen LogP) is 0.253. The molecule has 1 atom stereocenters. The number of amides is 1. The zero-order chi connectivity index (χ0) is 9.90. The average Bonchev–Trinajstić information content (AvgIpc) is 2.86. The largest absolute Gasteiger partial charge is 0.344 e. The van der Waals surface area contributed by atoms with Gasteiger partial charge in [0.15, 0.2) is 0 Å². The van der Waals surface area contributed by atoms with E-state index in [0.717, 1.165) is 12.8 Å². The van der Waals surface area contributed by atoms with Crippen molar-refractivity contribution in [1.82, 2.24) is 5.32 Å². The quantitative estimate of drug-likeness (QED) is 0.612. The van der Waals surface area contributed by atoms with Gasteiger partial charge in [-0.2, -0.15) is 0 Å². The molecule has 3 N–H and O–H groups in total. The highest BCUT2D eigenvalue weighted by molar-refractivity contribution is 5.86. The number of carbonyl (C=O) groups excluding carboxylic acids is 1. The molecule has 3 heteroatoms. The molecule has 0 bridgehead atoms. The molecular formula is C10H16N2O. The molecule has 0 aromatic rings. The fourth-order valence-corrected chi connectivity index (χ4v) is 1.27. The number of rotatable bonds is 3. The van der Waals surface area contributed by atoms with Gasteiger partial charge in [0, 0.05) is 0 Å². The van der Waals surface area contributed by atoms with Gasteiger partial charge in [-0.05, 0) is 32.6 Å². The molecule has 72 valence electrons. The smallest absolute Gasteiger partial charge is 0.240 e. The molecule has 1 aliphatic rings. The van der Waals surface area contributed by atoms with Crippen molar-refractivity contribution in [2.45, 2.75) is 32.2 Å². The van der Waals surface area contributed by atoms with Crippen molar-refractivity contribution < 1.29 is 4.79 Å². The molecule has 1 amide bonds. The van der Waals surface area contributed by atoms with Crippen LogP contribution < -0.4 is 11.1 Å². The first-order valence-electron chi connectivity index (χ1n) is 4.56. The highest BCUT2D eigenvalue weighted by Crippen LogP contribution is 2.37. The molecule has 3 nitrogen and oxygen atoms in total. The van der Waals surface area contributed by atoms with Crippen LogP contribution >= 0.6 is 0 Å². The lowest BCUT2D eigenvalue weighted by Gasteiger charge is -2.22. The Labute approximate surface area is 79.1 Å². The van der Waals surface area contributed by atoms with Crippen LogP contribution in [0.25, 0.3) is 0 Å². The molecular weight excluding hydrogens is 164 g/mol. The Hall–Kier alpha value is -1.01. The van der Waals surface area contributed by atoms with E-state index < -0.39 is 5.54 Å². The van der Waals surface area contributed by atoms with Gasteiger partial charge in [-0.1, -0.05) is 5.92 Å². The summed E-state index contributed by atoms with van der Waals surface area (Å²) in [7, 11) is 0. The van der Waals surface area contributed by atoms with Crippen molar-refractivity contribution in [2.75, 3.05) is 6.54 Å². The summed E-state index contributed by atoms with van der Waals surface area (Å²) in [6.45, 7) is 3.93. The second-order valence-corrected chi connectivity index (χ2v) is 3.67. The van der Waals surface area contributed by atoms with Crippen LogP contribution in [0, 0.1) is 17.8 Å². The maximum atomic E-state index is 11.5. The van der Waals surface area contributed by atoms with Gasteiger partial charge in [0.1, 0.15) is 0 Å². The van der Waals surface area contributed by atoms with Crippen molar-refractivity contribution in [3.8, 4) is 11.8 Å². The third-order valence-electron chi connectivity index (χ3n) is 2.43. The van der Waals surface area contributed by atoms with Gasteiger partial charge < -0.3 is 11.1 Å². The van der Waals surface area contributed by atoms with Crippen LogP contribution in [0.2, 0.25) is 0 Å². The second-order valence-electron chi connectivity index (χ2n) is 3.67. The molecule has 0 spiro atoms. The van der Waals surface area contributed by atoms with Crippen LogP contribution in [0.3, 0.4) is 0 Å². The lowest BCUT2D eigenvalue weighted by Crippen LogP contribution is -2.53. The maximum Gasteiger partial charge on any atom is 0.240 e. The van der Waals surface area contributed by atoms with Gasteiger partial charge in [-0.3, -0.25) is 4.79 Å². The minimum atomic E-state index is -0.699. The first-order valence-corrected chi connectivity index (χ1v) is 4.56. The first-order chi connectivity index (χ1) is 6.09. The minimum absolute atomic E-state index is 0.0854. The van der Waals surface area contributed by atoms with Crippen LogP contribution in [0.4, 0.5) is 0 Å². The monoisotopic (exact) mass is 180 g/mol. The Balaban J connectivity index is 2.39. The zero-order valence-corrected chi connectivity index (χ0v) is 8.18. The van der Waals surface area contributed by atoms with E-state index in [9.17, 15) is 4.79 Å². The summed E-state index contributed by atoms with van der Waals surface area (Å²) in [6.07, 6.45) is 2.14. The van der Waals surface area contributed by atoms with Crippen LogP contribution in [0.5, 0.6) is 0 Å². The van der Waals surface area contributed by atoms with Crippen molar-refractivity contribution in [3.05, 3.63) is 0 Å². The zero-order valence-electron chi connectivity index (χ0n) is 8.18. The number of hydrogen-bond donors (Lipinski definition) is 2. The summed E-state index contributed by atoms with van der Waals surface area (Å²) in [6, 6.07) is 0. The Kier molecular flexibility index (Phi) is 2.94. The van der Waals surface area contributed by atoms with Gasteiger partial charge in [-0.15, -0.1) is 5.92 Å². The topological polar surface area (TPSA) is 55.1 Å². The van der Waals surface area contributed by atoms with Gasteiger partial charge in [-0.25, -0.2) is 0 Å². The van der Waals surface area contributed by atoms with E-state index in [1.54, 1.807) is 13.8 Å². The van der Waals surface area contributed by atoms with E-state index in [1.165, 1.54) is 0 Å². The summed E-state index contributed by atoms with van der Waals surface area (Å²) in [5.74, 6) is 5.76. The lowest BCUT2D eigenvalue weighted by atomic mass is 9.96. The van der Waals surface area contributed by atoms with Gasteiger partial charge in [0.25, 0.3) is 0 Å². The Morgan fingerprint density at radius 2 is 2.31 bits per heavy atom. The summed E-state index contributed by atoms with van der Waals surface area (Å²) in [4.78, 5) is 11.5. The molecule has 0 saturated heterocycles. The summed E-state index contributed by atoms with van der Waals surface area (Å²) < 4.78 is 0. The molecule has 0 aromatic heterocycles. The molecule has 1 unspecified atom stereocenters. The van der Waals surface area contributed by atoms with Gasteiger partial charge in [0.2, 0.25) is 5.91 Å². The number of hydrogen-bond acceptors (Lipinski definition) is 2. The predicted molar refractivity (Wildman–Crippen MR) is 51.8 cm³/mol. The molecule has 1 saturated carbocycles.